The van der Waals surface area contributed by atoms with Crippen LogP contribution >= 0.6 is 0 Å². The van der Waals surface area contributed by atoms with Crippen LogP contribution in [0.25, 0.3) is 0 Å². The fraction of sp³-hybridized carbons (Fsp3) is 0.314. The number of amides is 4. The lowest BCUT2D eigenvalue weighted by molar-refractivity contribution is -0.384. The third-order valence-electron chi connectivity index (χ3n) is 10.4. The highest BCUT2D eigenvalue weighted by Crippen LogP contribution is 2.65. The van der Waals surface area contributed by atoms with Gasteiger partial charge in [-0.2, -0.15) is 0 Å². The van der Waals surface area contributed by atoms with E-state index < -0.39 is 63.6 Å². The quantitative estimate of drug-likeness (QED) is 0.174. The van der Waals surface area contributed by atoms with Crippen LogP contribution in [0.1, 0.15) is 31.2 Å². The summed E-state index contributed by atoms with van der Waals surface area (Å²) in [6.07, 6.45) is 2.25. The second-order valence-electron chi connectivity index (χ2n) is 12.5. The molecule has 0 spiro atoms. The molecule has 0 bridgehead atoms. The minimum atomic E-state index is -1.34. The fourth-order valence-corrected chi connectivity index (χ4v) is 8.33. The maximum atomic E-state index is 14.6. The molecule has 1 N–H and O–H groups in total. The lowest BCUT2D eigenvalue weighted by atomic mass is 9.51. The standard InChI is InChI=1S/C35H31N3O9/c1-35-25(32(41)37(34(35)43)18-7-5-4-6-8-18)17-24-22(30(35)29-26(46-2)15-21(39)16-27(29)47-3)13-14-23-28(24)33(42)36(31(23)40)19-9-11-20(12-10-19)38(44)45/h4-13,15-16,23-25,28,30,39H,14,17H2,1-3H3/t23-,24+,25-,28-,30+,35+/m0/s1. The predicted molar refractivity (Wildman–Crippen MR) is 168 cm³/mol. The third-order valence-corrected chi connectivity index (χ3v) is 10.4. The molecule has 4 amide bonds. The number of rotatable bonds is 6. The van der Waals surface area contributed by atoms with Gasteiger partial charge in [0.1, 0.15) is 17.2 Å². The largest absolute Gasteiger partial charge is 0.508 e. The van der Waals surface area contributed by atoms with E-state index in [1.54, 1.807) is 37.3 Å². The minimum absolute atomic E-state index is 0.121. The van der Waals surface area contributed by atoms with E-state index in [0.29, 0.717) is 11.3 Å². The number of fused-ring (bicyclic) bond motifs is 4. The molecule has 0 unspecified atom stereocenters. The first kappa shape index (κ1) is 30.2. The highest BCUT2D eigenvalue weighted by Gasteiger charge is 2.68. The van der Waals surface area contributed by atoms with Crippen LogP contribution in [0.3, 0.4) is 0 Å². The van der Waals surface area contributed by atoms with Crippen LogP contribution in [0.2, 0.25) is 0 Å². The molecule has 0 aromatic heterocycles. The summed E-state index contributed by atoms with van der Waals surface area (Å²) in [7, 11) is 2.87. The van der Waals surface area contributed by atoms with Gasteiger partial charge < -0.3 is 14.6 Å². The van der Waals surface area contributed by atoms with E-state index in [1.807, 2.05) is 6.08 Å². The van der Waals surface area contributed by atoms with E-state index in [9.17, 15) is 34.4 Å². The Morgan fingerprint density at radius 2 is 1.47 bits per heavy atom. The van der Waals surface area contributed by atoms with Gasteiger partial charge in [-0.1, -0.05) is 29.8 Å². The van der Waals surface area contributed by atoms with E-state index in [-0.39, 0.29) is 41.5 Å². The lowest BCUT2D eigenvalue weighted by Gasteiger charge is -2.49. The number of allylic oxidation sites excluding steroid dienone is 2. The summed E-state index contributed by atoms with van der Waals surface area (Å²) in [4.78, 5) is 70.0. The first-order chi connectivity index (χ1) is 22.5. The number of aromatic hydroxyl groups is 1. The number of anilines is 2. The van der Waals surface area contributed by atoms with Gasteiger partial charge in [0, 0.05) is 35.7 Å². The normalized spacial score (nSPS) is 28.1. The molecule has 2 aliphatic carbocycles. The van der Waals surface area contributed by atoms with Crippen molar-refractivity contribution < 1.29 is 38.7 Å². The monoisotopic (exact) mass is 637 g/mol. The van der Waals surface area contributed by atoms with Gasteiger partial charge in [0.2, 0.25) is 23.6 Å². The first-order valence-electron chi connectivity index (χ1n) is 15.2. The Morgan fingerprint density at radius 3 is 2.06 bits per heavy atom. The molecule has 12 nitrogen and oxygen atoms in total. The topological polar surface area (TPSA) is 157 Å². The van der Waals surface area contributed by atoms with Crippen molar-refractivity contribution in [1.29, 1.82) is 0 Å². The molecule has 4 aliphatic rings. The molecular formula is C35H31N3O9. The number of nitrogens with zero attached hydrogens (tertiary/aromatic N) is 3. The van der Waals surface area contributed by atoms with Crippen molar-refractivity contribution in [2.24, 2.45) is 29.1 Å². The molecule has 6 atom stereocenters. The Bertz CT molecular complexity index is 1860. The number of hydrogen-bond acceptors (Lipinski definition) is 9. The van der Waals surface area contributed by atoms with Crippen LogP contribution in [0.4, 0.5) is 17.1 Å². The summed E-state index contributed by atoms with van der Waals surface area (Å²) >= 11 is 0. The van der Waals surface area contributed by atoms with Gasteiger partial charge in [0.15, 0.2) is 0 Å². The van der Waals surface area contributed by atoms with Crippen LogP contribution in [-0.4, -0.2) is 47.9 Å². The highest BCUT2D eigenvalue weighted by molar-refractivity contribution is 6.25. The third kappa shape index (κ3) is 4.20. The molecule has 3 aromatic rings. The summed E-state index contributed by atoms with van der Waals surface area (Å²) in [5, 5.41) is 21.7. The molecule has 12 heteroatoms. The smallest absolute Gasteiger partial charge is 0.269 e. The number of nitro groups is 1. The number of carbonyl (C=O) groups is 4. The van der Waals surface area contributed by atoms with Crippen molar-refractivity contribution >= 4 is 40.7 Å². The number of para-hydroxylation sites is 1. The van der Waals surface area contributed by atoms with Gasteiger partial charge in [-0.15, -0.1) is 0 Å². The van der Waals surface area contributed by atoms with Crippen molar-refractivity contribution in [3.8, 4) is 17.2 Å². The zero-order valence-corrected chi connectivity index (χ0v) is 25.8. The molecule has 2 saturated heterocycles. The van der Waals surface area contributed by atoms with Crippen molar-refractivity contribution in [2.75, 3.05) is 24.0 Å². The number of benzene rings is 3. The summed E-state index contributed by atoms with van der Waals surface area (Å²) in [6.45, 7) is 1.76. The second kappa shape index (κ2) is 10.8. The Balaban J connectivity index is 1.39. The SMILES string of the molecule is COc1cc(O)cc(OC)c1[C@H]1C2=CC[C@@H]3C(=O)N(c4ccc([N+](=O)[O-])cc4)C(=O)[C@@H]3[C@@H]2C[C@H]2C(=O)N(c3ccccc3)C(=O)[C@@]12C. The van der Waals surface area contributed by atoms with E-state index in [4.69, 9.17) is 9.47 Å². The molecule has 240 valence electrons. The Kier molecular flexibility index (Phi) is 6.92. The van der Waals surface area contributed by atoms with Crippen molar-refractivity contribution in [2.45, 2.75) is 25.7 Å². The molecule has 0 radical (unpaired) electrons. The molecular weight excluding hydrogens is 606 g/mol. The minimum Gasteiger partial charge on any atom is -0.508 e. The summed E-state index contributed by atoms with van der Waals surface area (Å²) in [6, 6.07) is 16.7. The lowest BCUT2D eigenvalue weighted by Crippen LogP contribution is -2.49. The summed E-state index contributed by atoms with van der Waals surface area (Å²) < 4.78 is 11.5. The van der Waals surface area contributed by atoms with Crippen LogP contribution in [-0.2, 0) is 19.2 Å². The molecule has 2 aliphatic heterocycles. The number of carbonyl (C=O) groups excluding carboxylic acids is 4. The van der Waals surface area contributed by atoms with Gasteiger partial charge in [-0.05, 0) is 49.9 Å². The number of phenols is 1. The average Bonchev–Trinajstić information content (AvgIpc) is 3.44. The molecule has 7 rings (SSSR count). The Labute approximate surface area is 269 Å². The van der Waals surface area contributed by atoms with Gasteiger partial charge in [0.25, 0.3) is 5.69 Å². The summed E-state index contributed by atoms with van der Waals surface area (Å²) in [5.74, 6) is -5.20. The molecule has 1 saturated carbocycles. The maximum Gasteiger partial charge on any atom is 0.269 e. The van der Waals surface area contributed by atoms with Crippen LogP contribution in [0.5, 0.6) is 17.2 Å². The first-order valence-corrected chi connectivity index (χ1v) is 15.2. The van der Waals surface area contributed by atoms with Crippen molar-refractivity contribution in [3.63, 3.8) is 0 Å². The number of nitro benzene ring substituents is 1. The molecule has 3 aromatic carbocycles. The van der Waals surface area contributed by atoms with E-state index in [2.05, 4.69) is 0 Å². The fourth-order valence-electron chi connectivity index (χ4n) is 8.33. The molecule has 2 heterocycles. The number of non-ortho nitro benzene ring substituents is 1. The van der Waals surface area contributed by atoms with Gasteiger partial charge in [0.05, 0.1) is 53.7 Å². The van der Waals surface area contributed by atoms with Gasteiger partial charge in [-0.3, -0.25) is 34.2 Å². The maximum absolute atomic E-state index is 14.6. The Morgan fingerprint density at radius 1 is 0.851 bits per heavy atom. The number of imide groups is 2. The molecule has 47 heavy (non-hydrogen) atoms. The van der Waals surface area contributed by atoms with Gasteiger partial charge in [-0.25, -0.2) is 4.90 Å². The van der Waals surface area contributed by atoms with E-state index in [1.165, 1.54) is 55.5 Å². The number of hydrogen-bond donors (Lipinski definition) is 1. The van der Waals surface area contributed by atoms with Crippen molar-refractivity contribution in [1.82, 2.24) is 0 Å². The number of ether oxygens (including phenoxy) is 2. The number of phenolic OH excluding ortho intramolecular Hbond substituents is 1. The zero-order chi connectivity index (χ0) is 33.4. The molecule has 3 fully saturated rings. The van der Waals surface area contributed by atoms with E-state index in [0.717, 1.165) is 10.5 Å². The summed E-state index contributed by atoms with van der Waals surface area (Å²) in [5.41, 5.74) is 0.303. The van der Waals surface area contributed by atoms with Crippen LogP contribution in [0.15, 0.2) is 78.4 Å². The predicted octanol–water partition coefficient (Wildman–Crippen LogP) is 4.75. The average molecular weight is 638 g/mol. The van der Waals surface area contributed by atoms with Crippen LogP contribution in [0, 0.1) is 39.2 Å². The second-order valence-corrected chi connectivity index (χ2v) is 12.5. The van der Waals surface area contributed by atoms with Crippen molar-refractivity contribution in [3.05, 3.63) is 94.1 Å². The highest BCUT2D eigenvalue weighted by atomic mass is 16.6. The number of methoxy groups -OCH3 is 2. The Hall–Kier alpha value is -5.52. The van der Waals surface area contributed by atoms with E-state index >= 15 is 0 Å². The zero-order valence-electron chi connectivity index (χ0n) is 25.8. The van der Waals surface area contributed by atoms with Crippen LogP contribution < -0.4 is 19.3 Å². The van der Waals surface area contributed by atoms with Gasteiger partial charge >= 0.3 is 0 Å².